The Hall–Kier alpha value is -0.610. The predicted octanol–water partition coefficient (Wildman–Crippen LogP) is 0.326. The van der Waals surface area contributed by atoms with Crippen LogP contribution in [0.15, 0.2) is 0 Å². The van der Waals surface area contributed by atoms with E-state index >= 15 is 0 Å². The largest absolute Gasteiger partial charge is 0.370 e. The molecular formula is C12H23N3O. The minimum absolute atomic E-state index is 0.174. The van der Waals surface area contributed by atoms with Crippen molar-refractivity contribution in [2.75, 3.05) is 26.2 Å². The third kappa shape index (κ3) is 2.95. The number of carbonyl (C=O) groups is 1. The molecular weight excluding hydrogens is 202 g/mol. The van der Waals surface area contributed by atoms with Crippen LogP contribution in [0.3, 0.4) is 0 Å². The van der Waals surface area contributed by atoms with Crippen LogP contribution < -0.4 is 11.1 Å². The number of piperidine rings is 1. The van der Waals surface area contributed by atoms with Gasteiger partial charge in [-0.1, -0.05) is 0 Å². The topological polar surface area (TPSA) is 58.4 Å². The average Bonchev–Trinajstić information content (AvgIpc) is 2.75. The molecule has 2 heterocycles. The van der Waals surface area contributed by atoms with Crippen molar-refractivity contribution < 1.29 is 4.79 Å². The third-order valence-electron chi connectivity index (χ3n) is 3.94. The van der Waals surface area contributed by atoms with E-state index in [1.165, 1.54) is 32.2 Å². The summed E-state index contributed by atoms with van der Waals surface area (Å²) in [5.74, 6) is 0.608. The number of nitrogens with two attached hydrogens (primary N) is 1. The Bertz CT molecular complexity index is 238. The standard InChI is InChI=1S/C12H23N3O/c13-12(16)5-8-15-7-2-4-11(15)10-3-1-6-14-9-10/h10-11,14H,1-9H2,(H2,13,16). The maximum atomic E-state index is 10.8. The van der Waals surface area contributed by atoms with Gasteiger partial charge in [-0.25, -0.2) is 0 Å². The lowest BCUT2D eigenvalue weighted by Gasteiger charge is -2.34. The first-order valence-corrected chi connectivity index (χ1v) is 6.50. The average molecular weight is 225 g/mol. The van der Waals surface area contributed by atoms with E-state index in [1.807, 2.05) is 0 Å². The SMILES string of the molecule is NC(=O)CCN1CCCC1C1CCCNC1. The fraction of sp³-hybridized carbons (Fsp3) is 0.917. The van der Waals surface area contributed by atoms with Gasteiger partial charge in [0.2, 0.25) is 5.91 Å². The molecule has 2 atom stereocenters. The molecule has 16 heavy (non-hydrogen) atoms. The molecule has 3 N–H and O–H groups in total. The van der Waals surface area contributed by atoms with Crippen LogP contribution in [0.25, 0.3) is 0 Å². The molecule has 2 fully saturated rings. The van der Waals surface area contributed by atoms with E-state index in [2.05, 4.69) is 10.2 Å². The van der Waals surface area contributed by atoms with Crippen molar-refractivity contribution in [2.45, 2.75) is 38.1 Å². The molecule has 0 saturated carbocycles. The van der Waals surface area contributed by atoms with Crippen LogP contribution in [0.2, 0.25) is 0 Å². The van der Waals surface area contributed by atoms with Gasteiger partial charge in [0.15, 0.2) is 0 Å². The zero-order valence-electron chi connectivity index (χ0n) is 9.95. The molecule has 2 aliphatic rings. The number of amides is 1. The highest BCUT2D eigenvalue weighted by Crippen LogP contribution is 2.28. The Morgan fingerprint density at radius 2 is 2.25 bits per heavy atom. The minimum atomic E-state index is -0.174. The lowest BCUT2D eigenvalue weighted by molar-refractivity contribution is -0.118. The van der Waals surface area contributed by atoms with E-state index in [1.54, 1.807) is 0 Å². The normalized spacial score (nSPS) is 31.8. The summed E-state index contributed by atoms with van der Waals surface area (Å²) in [6.45, 7) is 4.33. The molecule has 4 heteroatoms. The van der Waals surface area contributed by atoms with E-state index in [4.69, 9.17) is 5.73 Å². The zero-order chi connectivity index (χ0) is 11.4. The molecule has 0 spiro atoms. The molecule has 0 aromatic heterocycles. The summed E-state index contributed by atoms with van der Waals surface area (Å²) in [6, 6.07) is 0.687. The molecule has 2 unspecified atom stereocenters. The first kappa shape index (κ1) is 11.9. The number of rotatable bonds is 4. The number of carbonyl (C=O) groups excluding carboxylic acids is 1. The van der Waals surface area contributed by atoms with Gasteiger partial charge in [-0.3, -0.25) is 9.69 Å². The van der Waals surface area contributed by atoms with Crippen LogP contribution in [0.4, 0.5) is 0 Å². The van der Waals surface area contributed by atoms with Gasteiger partial charge >= 0.3 is 0 Å². The van der Waals surface area contributed by atoms with Gasteiger partial charge in [-0.05, 0) is 51.2 Å². The molecule has 1 amide bonds. The van der Waals surface area contributed by atoms with Crippen molar-refractivity contribution in [3.8, 4) is 0 Å². The first-order valence-electron chi connectivity index (χ1n) is 6.50. The molecule has 0 aliphatic carbocycles. The molecule has 0 bridgehead atoms. The summed E-state index contributed by atoms with van der Waals surface area (Å²) in [7, 11) is 0. The summed E-state index contributed by atoms with van der Waals surface area (Å²) in [6.07, 6.45) is 5.72. The van der Waals surface area contributed by atoms with Crippen LogP contribution in [0, 0.1) is 5.92 Å². The molecule has 2 rings (SSSR count). The summed E-state index contributed by atoms with van der Waals surface area (Å²) >= 11 is 0. The van der Waals surface area contributed by atoms with Gasteiger partial charge in [0.05, 0.1) is 0 Å². The fourth-order valence-corrected chi connectivity index (χ4v) is 3.12. The van der Waals surface area contributed by atoms with Crippen molar-refractivity contribution in [1.29, 1.82) is 0 Å². The molecule has 2 aliphatic heterocycles. The fourth-order valence-electron chi connectivity index (χ4n) is 3.12. The Kier molecular flexibility index (Phi) is 4.18. The highest BCUT2D eigenvalue weighted by atomic mass is 16.1. The van der Waals surface area contributed by atoms with Crippen molar-refractivity contribution in [3.05, 3.63) is 0 Å². The maximum Gasteiger partial charge on any atom is 0.218 e. The summed E-state index contributed by atoms with van der Waals surface area (Å²) in [4.78, 5) is 13.3. The second-order valence-electron chi connectivity index (χ2n) is 5.07. The van der Waals surface area contributed by atoms with Gasteiger partial charge in [0.1, 0.15) is 0 Å². The highest BCUT2D eigenvalue weighted by molar-refractivity contribution is 5.73. The predicted molar refractivity (Wildman–Crippen MR) is 64.0 cm³/mol. The Labute approximate surface area is 97.6 Å². The van der Waals surface area contributed by atoms with Crippen molar-refractivity contribution >= 4 is 5.91 Å². The second kappa shape index (κ2) is 5.64. The van der Waals surface area contributed by atoms with Crippen LogP contribution in [0.5, 0.6) is 0 Å². The minimum Gasteiger partial charge on any atom is -0.370 e. The van der Waals surface area contributed by atoms with Crippen LogP contribution in [-0.2, 0) is 4.79 Å². The second-order valence-corrected chi connectivity index (χ2v) is 5.07. The van der Waals surface area contributed by atoms with E-state index in [0.717, 1.165) is 25.6 Å². The van der Waals surface area contributed by atoms with Crippen molar-refractivity contribution in [1.82, 2.24) is 10.2 Å². The number of hydrogen-bond acceptors (Lipinski definition) is 3. The smallest absolute Gasteiger partial charge is 0.218 e. The Morgan fingerprint density at radius 3 is 2.94 bits per heavy atom. The number of hydrogen-bond donors (Lipinski definition) is 2. The van der Waals surface area contributed by atoms with Gasteiger partial charge in [-0.15, -0.1) is 0 Å². The first-order chi connectivity index (χ1) is 7.77. The number of likely N-dealkylation sites (tertiary alicyclic amines) is 1. The van der Waals surface area contributed by atoms with Crippen LogP contribution in [0.1, 0.15) is 32.1 Å². The van der Waals surface area contributed by atoms with Crippen molar-refractivity contribution in [3.63, 3.8) is 0 Å². The van der Waals surface area contributed by atoms with Crippen molar-refractivity contribution in [2.24, 2.45) is 11.7 Å². The quantitative estimate of drug-likeness (QED) is 0.725. The Morgan fingerprint density at radius 1 is 1.38 bits per heavy atom. The summed E-state index contributed by atoms with van der Waals surface area (Å²) < 4.78 is 0. The molecule has 0 aromatic carbocycles. The third-order valence-corrected chi connectivity index (χ3v) is 3.94. The van der Waals surface area contributed by atoms with Gasteiger partial charge in [0, 0.05) is 19.0 Å². The van der Waals surface area contributed by atoms with E-state index in [0.29, 0.717) is 12.5 Å². The molecule has 2 saturated heterocycles. The number of nitrogens with zero attached hydrogens (tertiary/aromatic N) is 1. The number of primary amides is 1. The zero-order valence-corrected chi connectivity index (χ0v) is 9.95. The molecule has 4 nitrogen and oxygen atoms in total. The van der Waals surface area contributed by atoms with Gasteiger partial charge < -0.3 is 11.1 Å². The molecule has 0 radical (unpaired) electrons. The van der Waals surface area contributed by atoms with Crippen LogP contribution >= 0.6 is 0 Å². The van der Waals surface area contributed by atoms with E-state index in [9.17, 15) is 4.79 Å². The highest BCUT2D eigenvalue weighted by Gasteiger charge is 2.31. The van der Waals surface area contributed by atoms with E-state index < -0.39 is 0 Å². The monoisotopic (exact) mass is 225 g/mol. The number of nitrogens with one attached hydrogen (secondary N) is 1. The van der Waals surface area contributed by atoms with Crippen LogP contribution in [-0.4, -0.2) is 43.0 Å². The van der Waals surface area contributed by atoms with Gasteiger partial charge in [0.25, 0.3) is 0 Å². The lowest BCUT2D eigenvalue weighted by atomic mass is 9.90. The van der Waals surface area contributed by atoms with E-state index in [-0.39, 0.29) is 5.91 Å². The lowest BCUT2D eigenvalue weighted by Crippen LogP contribution is -2.44. The van der Waals surface area contributed by atoms with Gasteiger partial charge in [-0.2, -0.15) is 0 Å². The molecule has 0 aromatic rings. The Balaban J connectivity index is 1.84. The summed E-state index contributed by atoms with van der Waals surface area (Å²) in [5, 5.41) is 3.48. The molecule has 92 valence electrons. The maximum absolute atomic E-state index is 10.8. The summed E-state index contributed by atoms with van der Waals surface area (Å²) in [5.41, 5.74) is 5.22.